The predicted octanol–water partition coefficient (Wildman–Crippen LogP) is -2.41. The van der Waals surface area contributed by atoms with Crippen LogP contribution >= 0.6 is 0 Å². The lowest BCUT2D eigenvalue weighted by Gasteiger charge is -2.38. The molecule has 0 bridgehead atoms. The molecule has 1 rings (SSSR count). The highest BCUT2D eigenvalue weighted by atomic mass is 16.2. The van der Waals surface area contributed by atoms with Gasteiger partial charge in [0.2, 0.25) is 11.8 Å². The summed E-state index contributed by atoms with van der Waals surface area (Å²) < 4.78 is 0. The largest absolute Gasteiger partial charge is 0.358 e. The molecular formula is C10H19N5O3. The van der Waals surface area contributed by atoms with Crippen LogP contribution < -0.4 is 21.7 Å². The molecule has 1 fully saturated rings. The van der Waals surface area contributed by atoms with Gasteiger partial charge in [-0.1, -0.05) is 0 Å². The van der Waals surface area contributed by atoms with Crippen LogP contribution in [0.5, 0.6) is 0 Å². The summed E-state index contributed by atoms with van der Waals surface area (Å²) in [7, 11) is 1.54. The number of nitrogens with two attached hydrogens (primary N) is 1. The number of primary amides is 1. The number of likely N-dealkylation sites (N-methyl/N-ethyl adjacent to an activating group) is 1. The molecule has 0 aromatic rings. The summed E-state index contributed by atoms with van der Waals surface area (Å²) in [4.78, 5) is 35.8. The first-order chi connectivity index (χ1) is 8.47. The van der Waals surface area contributed by atoms with Gasteiger partial charge in [0, 0.05) is 26.7 Å². The first-order valence-corrected chi connectivity index (χ1v) is 5.75. The van der Waals surface area contributed by atoms with Gasteiger partial charge in [-0.15, -0.1) is 0 Å². The Kier molecular flexibility index (Phi) is 5.05. The van der Waals surface area contributed by atoms with Crippen LogP contribution in [0, 0.1) is 0 Å². The smallest absolute Gasteiger partial charge is 0.318 e. The second-order valence-corrected chi connectivity index (χ2v) is 4.10. The standard InChI is InChI=1S/C10H19N5O3/c1-6(8(16)14-10(11)18)15-4-3-13-5-7(15)9(17)12-2/h6-7,13H,3-5H2,1-2H3,(H,12,17)(H3,11,14,16,18). The summed E-state index contributed by atoms with van der Waals surface area (Å²) in [5, 5.41) is 7.67. The molecule has 5 N–H and O–H groups in total. The van der Waals surface area contributed by atoms with Crippen molar-refractivity contribution in [3.05, 3.63) is 0 Å². The third kappa shape index (κ3) is 3.41. The first-order valence-electron chi connectivity index (χ1n) is 5.75. The van der Waals surface area contributed by atoms with Gasteiger partial charge in [0.25, 0.3) is 0 Å². The number of piperazine rings is 1. The second kappa shape index (κ2) is 6.31. The van der Waals surface area contributed by atoms with E-state index < -0.39 is 24.0 Å². The molecular weight excluding hydrogens is 238 g/mol. The lowest BCUT2D eigenvalue weighted by Crippen LogP contribution is -2.62. The molecule has 102 valence electrons. The van der Waals surface area contributed by atoms with Crippen LogP contribution in [0.4, 0.5) is 4.79 Å². The van der Waals surface area contributed by atoms with Crippen molar-refractivity contribution in [2.75, 3.05) is 26.7 Å². The molecule has 0 aromatic heterocycles. The lowest BCUT2D eigenvalue weighted by atomic mass is 10.1. The molecule has 0 radical (unpaired) electrons. The van der Waals surface area contributed by atoms with E-state index in [0.717, 1.165) is 0 Å². The van der Waals surface area contributed by atoms with Crippen LogP contribution in [0.1, 0.15) is 6.92 Å². The number of carbonyl (C=O) groups is 3. The maximum atomic E-state index is 11.7. The predicted molar refractivity (Wildman–Crippen MR) is 64.6 cm³/mol. The molecule has 0 aliphatic carbocycles. The zero-order valence-corrected chi connectivity index (χ0v) is 10.5. The number of hydrogen-bond acceptors (Lipinski definition) is 5. The summed E-state index contributed by atoms with van der Waals surface area (Å²) in [5.74, 6) is -0.667. The second-order valence-electron chi connectivity index (χ2n) is 4.10. The Morgan fingerprint density at radius 2 is 2.11 bits per heavy atom. The Morgan fingerprint density at radius 1 is 1.44 bits per heavy atom. The molecule has 8 heteroatoms. The molecule has 1 saturated heterocycles. The zero-order valence-electron chi connectivity index (χ0n) is 10.5. The minimum atomic E-state index is -0.890. The number of carbonyl (C=O) groups excluding carboxylic acids is 3. The van der Waals surface area contributed by atoms with Crippen molar-refractivity contribution in [2.45, 2.75) is 19.0 Å². The molecule has 1 aliphatic heterocycles. The van der Waals surface area contributed by atoms with Gasteiger partial charge in [-0.3, -0.25) is 19.8 Å². The fourth-order valence-electron chi connectivity index (χ4n) is 1.97. The minimum absolute atomic E-state index is 0.166. The van der Waals surface area contributed by atoms with E-state index in [0.29, 0.717) is 19.6 Å². The van der Waals surface area contributed by atoms with E-state index in [2.05, 4.69) is 10.6 Å². The Hall–Kier alpha value is -1.67. The normalized spacial score (nSPS) is 22.0. The van der Waals surface area contributed by atoms with Crippen molar-refractivity contribution >= 4 is 17.8 Å². The van der Waals surface area contributed by atoms with Crippen molar-refractivity contribution in [3.63, 3.8) is 0 Å². The van der Waals surface area contributed by atoms with E-state index in [9.17, 15) is 14.4 Å². The zero-order chi connectivity index (χ0) is 13.7. The van der Waals surface area contributed by atoms with Gasteiger partial charge in [-0.2, -0.15) is 0 Å². The van der Waals surface area contributed by atoms with Crippen LogP contribution in [-0.2, 0) is 9.59 Å². The molecule has 1 aliphatic rings. The Morgan fingerprint density at radius 3 is 2.67 bits per heavy atom. The fraction of sp³-hybridized carbons (Fsp3) is 0.700. The molecule has 18 heavy (non-hydrogen) atoms. The Bertz CT molecular complexity index is 346. The number of imide groups is 1. The Labute approximate surface area is 105 Å². The molecule has 0 saturated carbocycles. The number of nitrogens with zero attached hydrogens (tertiary/aromatic N) is 1. The van der Waals surface area contributed by atoms with Gasteiger partial charge in [-0.25, -0.2) is 4.79 Å². The summed E-state index contributed by atoms with van der Waals surface area (Å²) in [6.07, 6.45) is 0. The SMILES string of the molecule is CNC(=O)C1CNCCN1C(C)C(=O)NC(N)=O. The molecule has 2 atom stereocenters. The van der Waals surface area contributed by atoms with Crippen molar-refractivity contribution in [2.24, 2.45) is 5.73 Å². The summed E-state index contributed by atoms with van der Waals surface area (Å²) in [6, 6.07) is -1.92. The first kappa shape index (κ1) is 14.4. The van der Waals surface area contributed by atoms with Crippen LogP contribution in [0.15, 0.2) is 0 Å². The maximum Gasteiger partial charge on any atom is 0.318 e. The topological polar surface area (TPSA) is 117 Å². The average molecular weight is 257 g/mol. The minimum Gasteiger partial charge on any atom is -0.358 e. The van der Waals surface area contributed by atoms with E-state index in [1.54, 1.807) is 18.9 Å². The molecule has 2 unspecified atom stereocenters. The number of hydrogen-bond donors (Lipinski definition) is 4. The Balaban J connectivity index is 2.73. The van der Waals surface area contributed by atoms with Gasteiger partial charge in [0.05, 0.1) is 6.04 Å². The fourth-order valence-corrected chi connectivity index (χ4v) is 1.97. The van der Waals surface area contributed by atoms with Gasteiger partial charge in [0.15, 0.2) is 0 Å². The molecule has 0 spiro atoms. The van der Waals surface area contributed by atoms with E-state index in [-0.39, 0.29) is 5.91 Å². The van der Waals surface area contributed by atoms with Crippen molar-refractivity contribution in [1.29, 1.82) is 0 Å². The van der Waals surface area contributed by atoms with Gasteiger partial charge >= 0.3 is 6.03 Å². The third-order valence-electron chi connectivity index (χ3n) is 2.96. The molecule has 4 amide bonds. The average Bonchev–Trinajstić information content (AvgIpc) is 2.36. The van der Waals surface area contributed by atoms with Crippen LogP contribution in [0.25, 0.3) is 0 Å². The van der Waals surface area contributed by atoms with Crippen molar-refractivity contribution < 1.29 is 14.4 Å². The van der Waals surface area contributed by atoms with E-state index in [1.165, 1.54) is 0 Å². The van der Waals surface area contributed by atoms with E-state index in [1.807, 2.05) is 5.32 Å². The number of amides is 4. The molecule has 0 aromatic carbocycles. The van der Waals surface area contributed by atoms with Crippen molar-refractivity contribution in [1.82, 2.24) is 20.9 Å². The van der Waals surface area contributed by atoms with E-state index >= 15 is 0 Å². The van der Waals surface area contributed by atoms with Crippen LogP contribution in [0.2, 0.25) is 0 Å². The highest BCUT2D eigenvalue weighted by Gasteiger charge is 2.34. The van der Waals surface area contributed by atoms with Gasteiger partial charge in [0.1, 0.15) is 6.04 Å². The monoisotopic (exact) mass is 257 g/mol. The summed E-state index contributed by atoms with van der Waals surface area (Å²) in [6.45, 7) is 3.33. The van der Waals surface area contributed by atoms with Crippen LogP contribution in [0.3, 0.4) is 0 Å². The van der Waals surface area contributed by atoms with Crippen molar-refractivity contribution in [3.8, 4) is 0 Å². The lowest BCUT2D eigenvalue weighted by molar-refractivity contribution is -0.132. The highest BCUT2D eigenvalue weighted by molar-refractivity contribution is 5.96. The third-order valence-corrected chi connectivity index (χ3v) is 2.96. The quantitative estimate of drug-likeness (QED) is 0.449. The summed E-state index contributed by atoms with van der Waals surface area (Å²) in [5.41, 5.74) is 4.90. The molecule has 8 nitrogen and oxygen atoms in total. The number of nitrogens with one attached hydrogen (secondary N) is 3. The van der Waals surface area contributed by atoms with E-state index in [4.69, 9.17) is 5.73 Å². The number of urea groups is 1. The van der Waals surface area contributed by atoms with Gasteiger partial charge < -0.3 is 16.4 Å². The van der Waals surface area contributed by atoms with Crippen LogP contribution in [-0.4, -0.2) is 61.5 Å². The van der Waals surface area contributed by atoms with Gasteiger partial charge in [-0.05, 0) is 6.92 Å². The molecule has 1 heterocycles. The number of rotatable bonds is 3. The maximum absolute atomic E-state index is 11.7. The summed E-state index contributed by atoms with van der Waals surface area (Å²) >= 11 is 0. The highest BCUT2D eigenvalue weighted by Crippen LogP contribution is 2.09.